The summed E-state index contributed by atoms with van der Waals surface area (Å²) in [5.74, 6) is 0.503. The predicted octanol–water partition coefficient (Wildman–Crippen LogP) is 3.34. The van der Waals surface area contributed by atoms with Crippen molar-refractivity contribution in [2.24, 2.45) is 0 Å². The molecule has 0 bridgehead atoms. The average molecular weight is 393 g/mol. The predicted molar refractivity (Wildman–Crippen MR) is 111 cm³/mol. The Morgan fingerprint density at radius 2 is 1.97 bits per heavy atom. The molecule has 0 N–H and O–H groups in total. The second-order valence-corrected chi connectivity index (χ2v) is 8.36. The van der Waals surface area contributed by atoms with Crippen LogP contribution in [0.4, 0.5) is 15.9 Å². The zero-order chi connectivity index (χ0) is 20.0. The van der Waals surface area contributed by atoms with Crippen LogP contribution in [0.3, 0.4) is 0 Å². The van der Waals surface area contributed by atoms with Gasteiger partial charge in [0.25, 0.3) is 0 Å². The molecule has 6 nitrogen and oxygen atoms in total. The van der Waals surface area contributed by atoms with Gasteiger partial charge in [-0.3, -0.25) is 4.98 Å². The lowest BCUT2D eigenvalue weighted by atomic mass is 10.0. The van der Waals surface area contributed by atoms with Gasteiger partial charge < -0.3 is 14.5 Å². The standard InChI is InChI=1S/C22H24FN5O/c1-22(2)13-28(7-8-29-22)17-9-15-12-27(6-5-19(15)24-11-17)21-18-10-16(23)3-4-20(18)25-14-26-21/h3-4,9-11,14H,5-8,12-13H2,1-2H3. The summed E-state index contributed by atoms with van der Waals surface area (Å²) in [6.07, 6.45) is 4.37. The molecule has 4 heterocycles. The van der Waals surface area contributed by atoms with E-state index in [9.17, 15) is 4.39 Å². The molecule has 7 heteroatoms. The molecule has 1 aromatic carbocycles. The molecular weight excluding hydrogens is 369 g/mol. The second-order valence-electron chi connectivity index (χ2n) is 8.36. The Kier molecular flexibility index (Phi) is 4.35. The third-order valence-corrected chi connectivity index (χ3v) is 5.69. The summed E-state index contributed by atoms with van der Waals surface area (Å²) < 4.78 is 19.7. The SMILES string of the molecule is CC1(C)CN(c2cnc3c(c2)CN(c2ncnc4ccc(F)cc24)CC3)CCO1. The van der Waals surface area contributed by atoms with Gasteiger partial charge >= 0.3 is 0 Å². The first-order chi connectivity index (χ1) is 14.0. The van der Waals surface area contributed by atoms with Crippen molar-refractivity contribution in [1.29, 1.82) is 0 Å². The molecule has 0 unspecified atom stereocenters. The molecule has 2 aliphatic rings. The smallest absolute Gasteiger partial charge is 0.140 e. The summed E-state index contributed by atoms with van der Waals surface area (Å²) in [6, 6.07) is 6.89. The highest BCUT2D eigenvalue weighted by Crippen LogP contribution is 2.30. The topological polar surface area (TPSA) is 54.4 Å². The first-order valence-corrected chi connectivity index (χ1v) is 10.0. The summed E-state index contributed by atoms with van der Waals surface area (Å²) in [5, 5.41) is 0.745. The van der Waals surface area contributed by atoms with E-state index in [2.05, 4.69) is 39.7 Å². The zero-order valence-corrected chi connectivity index (χ0v) is 16.7. The van der Waals surface area contributed by atoms with Crippen LogP contribution in [0.25, 0.3) is 10.9 Å². The summed E-state index contributed by atoms with van der Waals surface area (Å²) >= 11 is 0. The maximum atomic E-state index is 13.8. The van der Waals surface area contributed by atoms with E-state index in [1.165, 1.54) is 17.7 Å². The largest absolute Gasteiger partial charge is 0.372 e. The molecule has 2 aromatic heterocycles. The van der Waals surface area contributed by atoms with Gasteiger partial charge in [0, 0.05) is 43.7 Å². The van der Waals surface area contributed by atoms with Gasteiger partial charge in [-0.1, -0.05) is 0 Å². The summed E-state index contributed by atoms with van der Waals surface area (Å²) in [5.41, 5.74) is 4.04. The summed E-state index contributed by atoms with van der Waals surface area (Å²) in [4.78, 5) is 18.0. The summed E-state index contributed by atoms with van der Waals surface area (Å²) in [6.45, 7) is 8.16. The number of benzene rings is 1. The van der Waals surface area contributed by atoms with Crippen LogP contribution in [-0.2, 0) is 17.7 Å². The van der Waals surface area contributed by atoms with Crippen LogP contribution >= 0.6 is 0 Å². The first kappa shape index (κ1) is 18.2. The highest BCUT2D eigenvalue weighted by molar-refractivity contribution is 5.89. The number of hydrogen-bond donors (Lipinski definition) is 0. The van der Waals surface area contributed by atoms with E-state index in [1.54, 1.807) is 12.4 Å². The lowest BCUT2D eigenvalue weighted by Crippen LogP contribution is -2.48. The van der Waals surface area contributed by atoms with E-state index < -0.39 is 0 Å². The van der Waals surface area contributed by atoms with Gasteiger partial charge in [-0.05, 0) is 43.7 Å². The Balaban J connectivity index is 1.46. The number of fused-ring (bicyclic) bond motifs is 2. The fourth-order valence-corrected chi connectivity index (χ4v) is 4.27. The molecule has 1 saturated heterocycles. The van der Waals surface area contributed by atoms with Crippen LogP contribution in [0.5, 0.6) is 0 Å². The molecule has 0 radical (unpaired) electrons. The molecule has 0 atom stereocenters. The van der Waals surface area contributed by atoms with Crippen molar-refractivity contribution >= 4 is 22.4 Å². The number of pyridine rings is 1. The number of ether oxygens (including phenoxy) is 1. The van der Waals surface area contributed by atoms with Crippen LogP contribution in [0, 0.1) is 5.82 Å². The third kappa shape index (κ3) is 3.51. The average Bonchev–Trinajstić information content (AvgIpc) is 2.71. The van der Waals surface area contributed by atoms with Crippen molar-refractivity contribution in [1.82, 2.24) is 15.0 Å². The third-order valence-electron chi connectivity index (χ3n) is 5.69. The maximum Gasteiger partial charge on any atom is 0.140 e. The highest BCUT2D eigenvalue weighted by Gasteiger charge is 2.28. The zero-order valence-electron chi connectivity index (χ0n) is 16.7. The molecule has 2 aliphatic heterocycles. The number of morpholine rings is 1. The Bertz CT molecular complexity index is 1070. The summed E-state index contributed by atoms with van der Waals surface area (Å²) in [7, 11) is 0. The Morgan fingerprint density at radius 3 is 2.83 bits per heavy atom. The fraction of sp³-hybridized carbons (Fsp3) is 0.409. The number of halogens is 1. The van der Waals surface area contributed by atoms with Crippen LogP contribution in [-0.4, -0.2) is 46.8 Å². The molecule has 3 aromatic rings. The Hall–Kier alpha value is -2.80. The molecule has 29 heavy (non-hydrogen) atoms. The van der Waals surface area contributed by atoms with E-state index in [0.29, 0.717) is 13.2 Å². The van der Waals surface area contributed by atoms with E-state index >= 15 is 0 Å². The highest BCUT2D eigenvalue weighted by atomic mass is 19.1. The quantitative estimate of drug-likeness (QED) is 0.666. The molecule has 0 spiro atoms. The van der Waals surface area contributed by atoms with Crippen molar-refractivity contribution in [2.45, 2.75) is 32.4 Å². The minimum absolute atomic E-state index is 0.163. The molecule has 0 aliphatic carbocycles. The van der Waals surface area contributed by atoms with E-state index in [1.807, 2.05) is 6.20 Å². The molecular formula is C22H24FN5O. The number of nitrogens with zero attached hydrogens (tertiary/aromatic N) is 5. The number of rotatable bonds is 2. The Labute approximate surface area is 169 Å². The van der Waals surface area contributed by atoms with Crippen molar-refractivity contribution < 1.29 is 9.13 Å². The molecule has 5 rings (SSSR count). The lowest BCUT2D eigenvalue weighted by Gasteiger charge is -2.39. The van der Waals surface area contributed by atoms with E-state index in [0.717, 1.165) is 54.2 Å². The second kappa shape index (κ2) is 6.91. The van der Waals surface area contributed by atoms with E-state index in [4.69, 9.17) is 9.72 Å². The van der Waals surface area contributed by atoms with Crippen LogP contribution in [0.1, 0.15) is 25.1 Å². The monoisotopic (exact) mass is 393 g/mol. The van der Waals surface area contributed by atoms with Gasteiger partial charge in [0.1, 0.15) is 18.0 Å². The van der Waals surface area contributed by atoms with Gasteiger partial charge in [0.15, 0.2) is 0 Å². The normalized spacial score (nSPS) is 18.7. The minimum Gasteiger partial charge on any atom is -0.372 e. The number of anilines is 2. The number of hydrogen-bond acceptors (Lipinski definition) is 6. The van der Waals surface area contributed by atoms with Crippen molar-refractivity contribution in [3.8, 4) is 0 Å². The molecule has 0 saturated carbocycles. The van der Waals surface area contributed by atoms with Gasteiger partial charge in [-0.15, -0.1) is 0 Å². The van der Waals surface area contributed by atoms with Crippen LogP contribution in [0.15, 0.2) is 36.8 Å². The van der Waals surface area contributed by atoms with Gasteiger partial charge in [-0.2, -0.15) is 0 Å². The van der Waals surface area contributed by atoms with Gasteiger partial charge in [0.2, 0.25) is 0 Å². The van der Waals surface area contributed by atoms with Gasteiger partial charge in [-0.25, -0.2) is 14.4 Å². The Morgan fingerprint density at radius 1 is 1.07 bits per heavy atom. The molecule has 0 amide bonds. The number of aromatic nitrogens is 3. The van der Waals surface area contributed by atoms with Gasteiger partial charge in [0.05, 0.1) is 29.6 Å². The van der Waals surface area contributed by atoms with Crippen molar-refractivity contribution in [3.63, 3.8) is 0 Å². The maximum absolute atomic E-state index is 13.8. The first-order valence-electron chi connectivity index (χ1n) is 10.0. The fourth-order valence-electron chi connectivity index (χ4n) is 4.27. The van der Waals surface area contributed by atoms with E-state index in [-0.39, 0.29) is 11.4 Å². The van der Waals surface area contributed by atoms with Crippen LogP contribution in [0.2, 0.25) is 0 Å². The lowest BCUT2D eigenvalue weighted by molar-refractivity contribution is -0.0277. The van der Waals surface area contributed by atoms with Crippen molar-refractivity contribution in [3.05, 3.63) is 53.9 Å². The molecule has 1 fully saturated rings. The van der Waals surface area contributed by atoms with Crippen molar-refractivity contribution in [2.75, 3.05) is 36.0 Å². The minimum atomic E-state index is -0.273. The van der Waals surface area contributed by atoms with Crippen LogP contribution < -0.4 is 9.80 Å². The molecule has 150 valence electrons.